The summed E-state index contributed by atoms with van der Waals surface area (Å²) >= 11 is 8.29. The van der Waals surface area contributed by atoms with E-state index in [1.807, 2.05) is 31.2 Å². The summed E-state index contributed by atoms with van der Waals surface area (Å²) in [4.78, 5) is 0. The van der Waals surface area contributed by atoms with Gasteiger partial charge in [0.1, 0.15) is 0 Å². The molecule has 0 heterocycles. The maximum atomic E-state index is 6.01. The third-order valence-corrected chi connectivity index (χ3v) is 3.51. The molecule has 2 aromatic rings. The summed E-state index contributed by atoms with van der Waals surface area (Å²) in [5, 5.41) is 3.90. The fraction of sp³-hybridized carbons (Fsp3) is 0.0769. The van der Waals surface area contributed by atoms with E-state index >= 15 is 0 Å². The first-order chi connectivity index (χ1) is 8.06. The molecule has 0 aromatic heterocycles. The smallest absolute Gasteiger partial charge is 0.0656 e. The zero-order valence-corrected chi connectivity index (χ0v) is 12.2. The fourth-order valence-electron chi connectivity index (χ4n) is 1.53. The number of aryl methyl sites for hydroxylation is 1. The molecule has 2 nitrogen and oxygen atoms in total. The van der Waals surface area contributed by atoms with Gasteiger partial charge in [-0.1, -0.05) is 11.6 Å². The molecule has 0 aliphatic heterocycles. The molecule has 4 heteroatoms. The van der Waals surface area contributed by atoms with Crippen molar-refractivity contribution in [1.29, 1.82) is 0 Å². The minimum atomic E-state index is 0.573. The van der Waals surface area contributed by atoms with E-state index in [1.54, 1.807) is 0 Å². The van der Waals surface area contributed by atoms with E-state index in [1.165, 1.54) is 3.57 Å². The van der Waals surface area contributed by atoms with Crippen LogP contribution in [-0.4, -0.2) is 0 Å². The minimum Gasteiger partial charge on any atom is -0.398 e. The molecule has 0 unspecified atom stereocenters. The molecule has 17 heavy (non-hydrogen) atoms. The first-order valence-electron chi connectivity index (χ1n) is 5.14. The molecule has 3 N–H and O–H groups in total. The van der Waals surface area contributed by atoms with Gasteiger partial charge in [0.05, 0.1) is 10.7 Å². The summed E-state index contributed by atoms with van der Waals surface area (Å²) in [5.41, 5.74) is 9.44. The molecule has 0 atom stereocenters. The van der Waals surface area contributed by atoms with Gasteiger partial charge < -0.3 is 11.1 Å². The second-order valence-corrected chi connectivity index (χ2v) is 5.47. The van der Waals surface area contributed by atoms with Crippen LogP contribution in [0.5, 0.6) is 0 Å². The Balaban J connectivity index is 2.30. The normalized spacial score (nSPS) is 10.3. The first-order valence-corrected chi connectivity index (χ1v) is 6.60. The van der Waals surface area contributed by atoms with Crippen molar-refractivity contribution in [1.82, 2.24) is 0 Å². The van der Waals surface area contributed by atoms with Gasteiger partial charge in [0.2, 0.25) is 0 Å². The average Bonchev–Trinajstić information content (AvgIpc) is 2.29. The topological polar surface area (TPSA) is 38.0 Å². The number of hydrogen-bond acceptors (Lipinski definition) is 2. The highest BCUT2D eigenvalue weighted by molar-refractivity contribution is 14.1. The molecular weight excluding hydrogens is 347 g/mol. The maximum Gasteiger partial charge on any atom is 0.0656 e. The Bertz CT molecular complexity index is 538. The van der Waals surface area contributed by atoms with Gasteiger partial charge >= 0.3 is 0 Å². The van der Waals surface area contributed by atoms with Crippen molar-refractivity contribution in [3.63, 3.8) is 0 Å². The molecule has 0 aliphatic carbocycles. The zero-order valence-electron chi connectivity index (χ0n) is 9.30. The second kappa shape index (κ2) is 5.14. The summed E-state index contributed by atoms with van der Waals surface area (Å²) < 4.78 is 1.21. The standard InChI is InChI=1S/C13H12ClIN2/c1-8-6-12(16)11(14)7-13(8)17-10-4-2-9(15)3-5-10/h2-7,17H,16H2,1H3. The number of hydrogen-bond donors (Lipinski definition) is 2. The zero-order chi connectivity index (χ0) is 12.4. The van der Waals surface area contributed by atoms with E-state index < -0.39 is 0 Å². The van der Waals surface area contributed by atoms with Crippen molar-refractivity contribution in [2.45, 2.75) is 6.92 Å². The molecule has 0 spiro atoms. The number of nitrogen functional groups attached to an aromatic ring is 1. The van der Waals surface area contributed by atoms with Crippen LogP contribution in [0.3, 0.4) is 0 Å². The van der Waals surface area contributed by atoms with Crippen molar-refractivity contribution in [3.05, 3.63) is 50.6 Å². The largest absolute Gasteiger partial charge is 0.398 e. The molecule has 2 aromatic carbocycles. The molecule has 0 aliphatic rings. The molecule has 0 radical (unpaired) electrons. The monoisotopic (exact) mass is 358 g/mol. The third kappa shape index (κ3) is 3.04. The van der Waals surface area contributed by atoms with Crippen LogP contribution in [0, 0.1) is 10.5 Å². The van der Waals surface area contributed by atoms with Gasteiger partial charge in [-0.2, -0.15) is 0 Å². The highest BCUT2D eigenvalue weighted by Crippen LogP contribution is 2.29. The molecule has 88 valence electrons. The number of nitrogens with two attached hydrogens (primary N) is 1. The van der Waals surface area contributed by atoms with Gasteiger partial charge in [-0.25, -0.2) is 0 Å². The van der Waals surface area contributed by atoms with Gasteiger partial charge in [-0.05, 0) is 71.5 Å². The summed E-state index contributed by atoms with van der Waals surface area (Å²) in [6.07, 6.45) is 0. The van der Waals surface area contributed by atoms with E-state index in [0.29, 0.717) is 10.7 Å². The molecule has 0 fully saturated rings. The van der Waals surface area contributed by atoms with Crippen LogP contribution in [-0.2, 0) is 0 Å². The fourth-order valence-corrected chi connectivity index (χ4v) is 2.05. The van der Waals surface area contributed by atoms with Gasteiger partial charge in [0.25, 0.3) is 0 Å². The maximum absolute atomic E-state index is 6.01. The number of halogens is 2. The average molecular weight is 359 g/mol. The van der Waals surface area contributed by atoms with Gasteiger partial charge in [0, 0.05) is 14.9 Å². The van der Waals surface area contributed by atoms with Crippen LogP contribution in [0.15, 0.2) is 36.4 Å². The Kier molecular flexibility index (Phi) is 3.79. The highest BCUT2D eigenvalue weighted by atomic mass is 127. The van der Waals surface area contributed by atoms with Gasteiger partial charge in [0.15, 0.2) is 0 Å². The van der Waals surface area contributed by atoms with Crippen molar-refractivity contribution in [3.8, 4) is 0 Å². The number of anilines is 3. The number of rotatable bonds is 2. The SMILES string of the molecule is Cc1cc(N)c(Cl)cc1Nc1ccc(I)cc1. The molecule has 0 saturated carbocycles. The summed E-state index contributed by atoms with van der Waals surface area (Å²) in [6, 6.07) is 11.9. The Morgan fingerprint density at radius 3 is 2.47 bits per heavy atom. The summed E-state index contributed by atoms with van der Waals surface area (Å²) in [5.74, 6) is 0. The lowest BCUT2D eigenvalue weighted by Gasteiger charge is -2.11. The van der Waals surface area contributed by atoms with E-state index in [-0.39, 0.29) is 0 Å². The van der Waals surface area contributed by atoms with E-state index in [9.17, 15) is 0 Å². The lowest BCUT2D eigenvalue weighted by atomic mass is 10.1. The number of nitrogens with one attached hydrogen (secondary N) is 1. The third-order valence-electron chi connectivity index (χ3n) is 2.47. The van der Waals surface area contributed by atoms with Crippen LogP contribution in [0.1, 0.15) is 5.56 Å². The minimum absolute atomic E-state index is 0.573. The van der Waals surface area contributed by atoms with Gasteiger partial charge in [-0.15, -0.1) is 0 Å². The van der Waals surface area contributed by atoms with Crippen LogP contribution in [0.25, 0.3) is 0 Å². The van der Waals surface area contributed by atoms with Crippen LogP contribution >= 0.6 is 34.2 Å². The lowest BCUT2D eigenvalue weighted by Crippen LogP contribution is -1.95. The number of benzene rings is 2. The predicted octanol–water partition coefficient (Wildman–Crippen LogP) is 4.58. The molecule has 0 saturated heterocycles. The summed E-state index contributed by atoms with van der Waals surface area (Å²) in [6.45, 7) is 2.00. The Labute approximate surface area is 119 Å². The van der Waals surface area contributed by atoms with Crippen molar-refractivity contribution < 1.29 is 0 Å². The quantitative estimate of drug-likeness (QED) is 0.609. The molecule has 2 rings (SSSR count). The first kappa shape index (κ1) is 12.5. The molecule has 0 amide bonds. The Morgan fingerprint density at radius 2 is 1.82 bits per heavy atom. The van der Waals surface area contributed by atoms with Gasteiger partial charge in [-0.3, -0.25) is 0 Å². The van der Waals surface area contributed by atoms with Crippen LogP contribution in [0.4, 0.5) is 17.1 Å². The second-order valence-electron chi connectivity index (χ2n) is 3.82. The predicted molar refractivity (Wildman–Crippen MR) is 83.0 cm³/mol. The van der Waals surface area contributed by atoms with E-state index in [2.05, 4.69) is 40.0 Å². The highest BCUT2D eigenvalue weighted by Gasteiger charge is 2.03. The van der Waals surface area contributed by atoms with Crippen molar-refractivity contribution >= 4 is 51.3 Å². The van der Waals surface area contributed by atoms with Crippen molar-refractivity contribution in [2.24, 2.45) is 0 Å². The van der Waals surface area contributed by atoms with Crippen molar-refractivity contribution in [2.75, 3.05) is 11.1 Å². The molecule has 0 bridgehead atoms. The lowest BCUT2D eigenvalue weighted by molar-refractivity contribution is 1.43. The Hall–Kier alpha value is -0.940. The summed E-state index contributed by atoms with van der Waals surface area (Å²) in [7, 11) is 0. The van der Waals surface area contributed by atoms with E-state index in [0.717, 1.165) is 16.9 Å². The van der Waals surface area contributed by atoms with Crippen LogP contribution < -0.4 is 11.1 Å². The molecular formula is C13H12ClIN2. The Morgan fingerprint density at radius 1 is 1.18 bits per heavy atom. The van der Waals surface area contributed by atoms with E-state index in [4.69, 9.17) is 17.3 Å². The van der Waals surface area contributed by atoms with Crippen LogP contribution in [0.2, 0.25) is 5.02 Å².